The summed E-state index contributed by atoms with van der Waals surface area (Å²) in [5.41, 5.74) is 0. The van der Waals surface area contributed by atoms with Crippen LogP contribution in [-0.4, -0.2) is 42.8 Å². The van der Waals surface area contributed by atoms with Gasteiger partial charge < -0.3 is 5.32 Å². The lowest BCUT2D eigenvalue weighted by atomic mass is 9.92. The van der Waals surface area contributed by atoms with Gasteiger partial charge in [-0.2, -0.15) is 13.2 Å². The standard InChI is InChI=1S/C13H25F3N2/c1-5-10(4)11-7-18(8-13(14,15)16)12(6-17-11)9(2)3/h9-12,17H,5-8H2,1-4H3. The van der Waals surface area contributed by atoms with Crippen LogP contribution in [0, 0.1) is 11.8 Å². The van der Waals surface area contributed by atoms with Gasteiger partial charge in [0.15, 0.2) is 0 Å². The molecule has 0 aromatic heterocycles. The van der Waals surface area contributed by atoms with Crippen LogP contribution in [0.25, 0.3) is 0 Å². The Kier molecular flexibility index (Phi) is 5.46. The number of nitrogens with zero attached hydrogens (tertiary/aromatic N) is 1. The quantitative estimate of drug-likeness (QED) is 0.841. The summed E-state index contributed by atoms with van der Waals surface area (Å²) in [6.45, 7) is 8.51. The number of hydrogen-bond acceptors (Lipinski definition) is 2. The van der Waals surface area contributed by atoms with Gasteiger partial charge >= 0.3 is 6.18 Å². The molecule has 3 unspecified atom stereocenters. The zero-order valence-electron chi connectivity index (χ0n) is 11.7. The average Bonchev–Trinajstić information content (AvgIpc) is 2.25. The highest BCUT2D eigenvalue weighted by atomic mass is 19.4. The number of alkyl halides is 3. The van der Waals surface area contributed by atoms with E-state index < -0.39 is 12.7 Å². The molecule has 0 aliphatic carbocycles. The van der Waals surface area contributed by atoms with Crippen LogP contribution in [-0.2, 0) is 0 Å². The van der Waals surface area contributed by atoms with Crippen LogP contribution in [0.3, 0.4) is 0 Å². The molecule has 0 aromatic carbocycles. The second-order valence-electron chi connectivity index (χ2n) is 5.76. The minimum absolute atomic E-state index is 0.0214. The van der Waals surface area contributed by atoms with Crippen molar-refractivity contribution in [2.75, 3.05) is 19.6 Å². The Bertz CT molecular complexity index is 253. The first kappa shape index (κ1) is 15.8. The highest BCUT2D eigenvalue weighted by Crippen LogP contribution is 2.24. The molecule has 0 spiro atoms. The van der Waals surface area contributed by atoms with Crippen molar-refractivity contribution in [2.24, 2.45) is 11.8 Å². The van der Waals surface area contributed by atoms with Crippen molar-refractivity contribution >= 4 is 0 Å². The lowest BCUT2D eigenvalue weighted by Crippen LogP contribution is -2.61. The summed E-state index contributed by atoms with van der Waals surface area (Å²) in [6.07, 6.45) is -3.12. The summed E-state index contributed by atoms with van der Waals surface area (Å²) in [5, 5.41) is 3.41. The van der Waals surface area contributed by atoms with E-state index in [-0.39, 0.29) is 18.0 Å². The number of piperazine rings is 1. The normalized spacial score (nSPS) is 28.7. The van der Waals surface area contributed by atoms with Crippen LogP contribution in [0.2, 0.25) is 0 Å². The van der Waals surface area contributed by atoms with Gasteiger partial charge in [0.25, 0.3) is 0 Å². The topological polar surface area (TPSA) is 15.3 Å². The zero-order valence-corrected chi connectivity index (χ0v) is 11.7. The van der Waals surface area contributed by atoms with Gasteiger partial charge in [0.1, 0.15) is 0 Å². The van der Waals surface area contributed by atoms with Crippen LogP contribution in [0.4, 0.5) is 13.2 Å². The molecule has 0 bridgehead atoms. The first-order valence-electron chi connectivity index (χ1n) is 6.78. The first-order valence-corrected chi connectivity index (χ1v) is 6.78. The molecular formula is C13H25F3N2. The highest BCUT2D eigenvalue weighted by Gasteiger charge is 2.38. The minimum Gasteiger partial charge on any atom is -0.311 e. The smallest absolute Gasteiger partial charge is 0.311 e. The first-order chi connectivity index (χ1) is 8.24. The maximum absolute atomic E-state index is 12.6. The maximum atomic E-state index is 12.6. The fourth-order valence-electron chi connectivity index (χ4n) is 2.59. The average molecular weight is 266 g/mol. The molecule has 5 heteroatoms. The van der Waals surface area contributed by atoms with E-state index in [1.165, 1.54) is 0 Å². The van der Waals surface area contributed by atoms with Crippen molar-refractivity contribution in [1.29, 1.82) is 0 Å². The van der Waals surface area contributed by atoms with Gasteiger partial charge in [-0.05, 0) is 11.8 Å². The third-order valence-corrected chi connectivity index (χ3v) is 3.97. The summed E-state index contributed by atoms with van der Waals surface area (Å²) >= 11 is 0. The van der Waals surface area contributed by atoms with Crippen molar-refractivity contribution in [3.63, 3.8) is 0 Å². The van der Waals surface area contributed by atoms with E-state index in [0.29, 0.717) is 19.0 Å². The Morgan fingerprint density at radius 2 is 1.89 bits per heavy atom. The van der Waals surface area contributed by atoms with Gasteiger partial charge in [-0.25, -0.2) is 0 Å². The monoisotopic (exact) mass is 266 g/mol. The van der Waals surface area contributed by atoms with Crippen LogP contribution >= 0.6 is 0 Å². The van der Waals surface area contributed by atoms with E-state index in [2.05, 4.69) is 19.2 Å². The second kappa shape index (κ2) is 6.24. The molecule has 1 rings (SSSR count). The van der Waals surface area contributed by atoms with Crippen LogP contribution in [0.1, 0.15) is 34.1 Å². The minimum atomic E-state index is -4.11. The molecule has 1 saturated heterocycles. The molecule has 1 N–H and O–H groups in total. The van der Waals surface area contributed by atoms with Gasteiger partial charge in [-0.15, -0.1) is 0 Å². The van der Waals surface area contributed by atoms with Crippen LogP contribution in [0.15, 0.2) is 0 Å². The summed E-state index contributed by atoms with van der Waals surface area (Å²) in [7, 11) is 0. The van der Waals surface area contributed by atoms with Crippen molar-refractivity contribution in [3.8, 4) is 0 Å². The fraction of sp³-hybridized carbons (Fsp3) is 1.00. The molecule has 0 radical (unpaired) electrons. The van der Waals surface area contributed by atoms with Crippen molar-refractivity contribution in [2.45, 2.75) is 52.4 Å². The van der Waals surface area contributed by atoms with Gasteiger partial charge in [-0.3, -0.25) is 4.90 Å². The summed E-state index contributed by atoms with van der Waals surface area (Å²) < 4.78 is 37.9. The number of rotatable bonds is 4. The molecule has 0 amide bonds. The van der Waals surface area contributed by atoms with Crippen molar-refractivity contribution in [1.82, 2.24) is 10.2 Å². The molecular weight excluding hydrogens is 241 g/mol. The van der Waals surface area contributed by atoms with Gasteiger partial charge in [0.2, 0.25) is 0 Å². The third-order valence-electron chi connectivity index (χ3n) is 3.97. The van der Waals surface area contributed by atoms with Crippen LogP contribution < -0.4 is 5.32 Å². The molecule has 1 aliphatic heterocycles. The predicted molar refractivity (Wildman–Crippen MR) is 67.5 cm³/mol. The maximum Gasteiger partial charge on any atom is 0.401 e. The Morgan fingerprint density at radius 1 is 1.28 bits per heavy atom. The second-order valence-corrected chi connectivity index (χ2v) is 5.76. The fourth-order valence-corrected chi connectivity index (χ4v) is 2.59. The molecule has 0 saturated carbocycles. The summed E-state index contributed by atoms with van der Waals surface area (Å²) in [4.78, 5) is 1.61. The number of hydrogen-bond donors (Lipinski definition) is 1. The van der Waals surface area contributed by atoms with E-state index in [4.69, 9.17) is 0 Å². The summed E-state index contributed by atoms with van der Waals surface area (Å²) in [6, 6.07) is 0.152. The molecule has 1 heterocycles. The predicted octanol–water partition coefficient (Wildman–Crippen LogP) is 2.89. The number of halogens is 3. The lowest BCUT2D eigenvalue weighted by molar-refractivity contribution is -0.156. The molecule has 3 atom stereocenters. The van der Waals surface area contributed by atoms with Gasteiger partial charge in [0, 0.05) is 25.2 Å². The molecule has 2 nitrogen and oxygen atoms in total. The Morgan fingerprint density at radius 3 is 2.33 bits per heavy atom. The molecule has 0 aromatic rings. The third kappa shape index (κ3) is 4.43. The highest BCUT2D eigenvalue weighted by molar-refractivity contribution is 4.90. The molecule has 1 aliphatic rings. The van der Waals surface area contributed by atoms with Gasteiger partial charge in [-0.1, -0.05) is 34.1 Å². The molecule has 108 valence electrons. The van der Waals surface area contributed by atoms with Crippen molar-refractivity contribution < 1.29 is 13.2 Å². The van der Waals surface area contributed by atoms with E-state index in [9.17, 15) is 13.2 Å². The van der Waals surface area contributed by atoms with Crippen LogP contribution in [0.5, 0.6) is 0 Å². The SMILES string of the molecule is CCC(C)C1CN(CC(F)(F)F)C(C(C)C)CN1. The number of nitrogens with one attached hydrogen (secondary N) is 1. The zero-order chi connectivity index (χ0) is 13.9. The van der Waals surface area contributed by atoms with E-state index in [1.807, 2.05) is 13.8 Å². The molecule has 18 heavy (non-hydrogen) atoms. The van der Waals surface area contributed by atoms with Crippen molar-refractivity contribution in [3.05, 3.63) is 0 Å². The Hall–Kier alpha value is -0.290. The van der Waals surface area contributed by atoms with Gasteiger partial charge in [0.05, 0.1) is 6.54 Å². The largest absolute Gasteiger partial charge is 0.401 e. The molecule has 1 fully saturated rings. The van der Waals surface area contributed by atoms with E-state index >= 15 is 0 Å². The van der Waals surface area contributed by atoms with E-state index in [1.54, 1.807) is 4.90 Å². The Balaban J connectivity index is 2.70. The lowest BCUT2D eigenvalue weighted by Gasteiger charge is -2.44. The summed E-state index contributed by atoms with van der Waals surface area (Å²) in [5.74, 6) is 0.645. The Labute approximate surface area is 108 Å². The van der Waals surface area contributed by atoms with E-state index in [0.717, 1.165) is 6.42 Å².